The van der Waals surface area contributed by atoms with Crippen LogP contribution in [0.5, 0.6) is 0 Å². The molecule has 1 aliphatic carbocycles. The molecule has 1 aliphatic heterocycles. The summed E-state index contributed by atoms with van der Waals surface area (Å²) in [5, 5.41) is 4.11. The summed E-state index contributed by atoms with van der Waals surface area (Å²) in [6.07, 6.45) is 1.76. The molecule has 1 aromatic heterocycles. The summed E-state index contributed by atoms with van der Waals surface area (Å²) in [6.45, 7) is 1.13. The minimum Gasteiger partial charge on any atom is -0.340 e. The van der Waals surface area contributed by atoms with E-state index >= 15 is 0 Å². The van der Waals surface area contributed by atoms with Crippen molar-refractivity contribution in [3.8, 4) is 0 Å². The Morgan fingerprint density at radius 1 is 1.17 bits per heavy atom. The van der Waals surface area contributed by atoms with Crippen LogP contribution in [-0.2, 0) is 4.79 Å². The zero-order valence-electron chi connectivity index (χ0n) is 12.9. The fourth-order valence-electron chi connectivity index (χ4n) is 3.75. The fourth-order valence-corrected chi connectivity index (χ4v) is 3.75. The summed E-state index contributed by atoms with van der Waals surface area (Å²) in [6, 6.07) is 0.0669. The molecule has 3 rings (SSSR count). The number of amides is 1. The Kier molecular flexibility index (Phi) is 4.59. The minimum atomic E-state index is -4.19. The molecule has 0 radical (unpaired) electrons. The second kappa shape index (κ2) is 6.49. The SMILES string of the molecule is O=C([C@@H]1CCC[C@H](C(F)(F)F)C1)N1CCC[C@@H](n2cncn2)C1. The normalized spacial score (nSPS) is 29.5. The Balaban J connectivity index is 1.63. The molecule has 8 heteroatoms. The van der Waals surface area contributed by atoms with E-state index in [2.05, 4.69) is 10.1 Å². The quantitative estimate of drug-likeness (QED) is 0.838. The maximum atomic E-state index is 12.9. The molecule has 128 valence electrons. The highest BCUT2D eigenvalue weighted by atomic mass is 19.4. The smallest absolute Gasteiger partial charge is 0.340 e. The molecule has 2 fully saturated rings. The van der Waals surface area contributed by atoms with Gasteiger partial charge >= 0.3 is 6.18 Å². The maximum absolute atomic E-state index is 12.9. The van der Waals surface area contributed by atoms with Gasteiger partial charge in [0, 0.05) is 19.0 Å². The van der Waals surface area contributed by atoms with Crippen molar-refractivity contribution < 1.29 is 18.0 Å². The number of alkyl halides is 3. The average molecular weight is 330 g/mol. The molecule has 23 heavy (non-hydrogen) atoms. The standard InChI is InChI=1S/C15H21F3N4O/c16-15(17,18)12-4-1-3-11(7-12)14(23)21-6-2-5-13(8-21)22-10-19-9-20-22/h9-13H,1-8H2/t11-,12+,13-/m1/s1. The zero-order valence-corrected chi connectivity index (χ0v) is 12.9. The fraction of sp³-hybridized carbons (Fsp3) is 0.800. The van der Waals surface area contributed by atoms with Crippen molar-refractivity contribution in [1.82, 2.24) is 19.7 Å². The minimum absolute atomic E-state index is 0.0627. The van der Waals surface area contributed by atoms with Crippen LogP contribution in [0.3, 0.4) is 0 Å². The number of hydrogen-bond acceptors (Lipinski definition) is 3. The van der Waals surface area contributed by atoms with Gasteiger partial charge in [-0.2, -0.15) is 18.3 Å². The molecular formula is C15H21F3N4O. The highest BCUT2D eigenvalue weighted by Gasteiger charge is 2.44. The number of halogens is 3. The summed E-state index contributed by atoms with van der Waals surface area (Å²) in [7, 11) is 0. The van der Waals surface area contributed by atoms with Crippen LogP contribution >= 0.6 is 0 Å². The molecule has 0 N–H and O–H groups in total. The van der Waals surface area contributed by atoms with Crippen LogP contribution in [0.1, 0.15) is 44.6 Å². The van der Waals surface area contributed by atoms with Crippen molar-refractivity contribution in [2.75, 3.05) is 13.1 Å². The topological polar surface area (TPSA) is 51.0 Å². The van der Waals surface area contributed by atoms with Gasteiger partial charge in [0.05, 0.1) is 12.0 Å². The first-order valence-corrected chi connectivity index (χ1v) is 8.14. The number of carbonyl (C=O) groups excluding carboxylic acids is 1. The lowest BCUT2D eigenvalue weighted by atomic mass is 9.80. The number of piperidine rings is 1. The predicted molar refractivity (Wildman–Crippen MR) is 76.4 cm³/mol. The van der Waals surface area contributed by atoms with Crippen molar-refractivity contribution in [3.63, 3.8) is 0 Å². The number of hydrogen-bond donors (Lipinski definition) is 0. The number of nitrogens with zero attached hydrogens (tertiary/aromatic N) is 4. The Hall–Kier alpha value is -1.60. The summed E-state index contributed by atoms with van der Waals surface area (Å²) < 4.78 is 40.5. The summed E-state index contributed by atoms with van der Waals surface area (Å²) in [5.41, 5.74) is 0. The molecule has 1 saturated carbocycles. The van der Waals surface area contributed by atoms with Gasteiger partial charge in [0.25, 0.3) is 0 Å². The summed E-state index contributed by atoms with van der Waals surface area (Å²) >= 11 is 0. The van der Waals surface area contributed by atoms with Gasteiger partial charge in [-0.05, 0) is 32.1 Å². The predicted octanol–water partition coefficient (Wildman–Crippen LogP) is 2.81. The number of carbonyl (C=O) groups is 1. The molecule has 0 aromatic carbocycles. The van der Waals surface area contributed by atoms with Crippen molar-refractivity contribution in [3.05, 3.63) is 12.7 Å². The van der Waals surface area contributed by atoms with E-state index in [4.69, 9.17) is 0 Å². The van der Waals surface area contributed by atoms with Crippen LogP contribution in [-0.4, -0.2) is 44.8 Å². The third-order valence-electron chi connectivity index (χ3n) is 5.01. The molecule has 0 spiro atoms. The third kappa shape index (κ3) is 3.67. The first kappa shape index (κ1) is 16.3. The third-order valence-corrected chi connectivity index (χ3v) is 5.01. The molecule has 0 bridgehead atoms. The molecule has 1 amide bonds. The van der Waals surface area contributed by atoms with Crippen LogP contribution in [0.15, 0.2) is 12.7 Å². The molecule has 0 unspecified atom stereocenters. The Bertz CT molecular complexity index is 531. The Morgan fingerprint density at radius 2 is 2.00 bits per heavy atom. The maximum Gasteiger partial charge on any atom is 0.391 e. The molecule has 2 heterocycles. The summed E-state index contributed by atoms with van der Waals surface area (Å²) in [5.74, 6) is -1.95. The second-order valence-electron chi connectivity index (χ2n) is 6.56. The van der Waals surface area contributed by atoms with Crippen LogP contribution in [0, 0.1) is 11.8 Å². The number of aromatic nitrogens is 3. The van der Waals surface area contributed by atoms with Gasteiger partial charge in [0.1, 0.15) is 12.7 Å². The number of likely N-dealkylation sites (tertiary alicyclic amines) is 1. The lowest BCUT2D eigenvalue weighted by Gasteiger charge is -2.37. The summed E-state index contributed by atoms with van der Waals surface area (Å²) in [4.78, 5) is 18.3. The van der Waals surface area contributed by atoms with E-state index in [-0.39, 0.29) is 24.8 Å². The van der Waals surface area contributed by atoms with Gasteiger partial charge < -0.3 is 4.90 Å². The van der Waals surface area contributed by atoms with Crippen molar-refractivity contribution in [2.24, 2.45) is 11.8 Å². The van der Waals surface area contributed by atoms with Gasteiger partial charge in [0.2, 0.25) is 5.91 Å². The number of rotatable bonds is 2. The van der Waals surface area contributed by atoms with Gasteiger partial charge in [-0.1, -0.05) is 6.42 Å². The zero-order chi connectivity index (χ0) is 16.4. The molecule has 5 nitrogen and oxygen atoms in total. The molecule has 3 atom stereocenters. The van der Waals surface area contributed by atoms with Gasteiger partial charge in [-0.15, -0.1) is 0 Å². The van der Waals surface area contributed by atoms with Crippen LogP contribution in [0.25, 0.3) is 0 Å². The lowest BCUT2D eigenvalue weighted by molar-refractivity contribution is -0.187. The van der Waals surface area contributed by atoms with E-state index in [1.807, 2.05) is 0 Å². The van der Waals surface area contributed by atoms with E-state index in [0.717, 1.165) is 12.8 Å². The average Bonchev–Trinajstić information content (AvgIpc) is 3.08. The second-order valence-corrected chi connectivity index (χ2v) is 6.56. The van der Waals surface area contributed by atoms with Crippen molar-refractivity contribution >= 4 is 5.91 Å². The van der Waals surface area contributed by atoms with E-state index in [0.29, 0.717) is 25.9 Å². The van der Waals surface area contributed by atoms with Gasteiger partial charge in [-0.3, -0.25) is 4.79 Å². The van der Waals surface area contributed by atoms with Crippen molar-refractivity contribution in [2.45, 2.75) is 50.7 Å². The van der Waals surface area contributed by atoms with E-state index in [9.17, 15) is 18.0 Å². The van der Waals surface area contributed by atoms with Crippen LogP contribution in [0.2, 0.25) is 0 Å². The van der Waals surface area contributed by atoms with Crippen LogP contribution in [0.4, 0.5) is 13.2 Å². The molecule has 1 saturated heterocycles. The monoisotopic (exact) mass is 330 g/mol. The van der Waals surface area contributed by atoms with Gasteiger partial charge in [0.15, 0.2) is 0 Å². The highest BCUT2D eigenvalue weighted by molar-refractivity contribution is 5.79. The van der Waals surface area contributed by atoms with E-state index in [1.54, 1.807) is 15.9 Å². The van der Waals surface area contributed by atoms with Crippen LogP contribution < -0.4 is 0 Å². The molecule has 2 aliphatic rings. The Morgan fingerprint density at radius 3 is 2.70 bits per heavy atom. The Labute approximate surface area is 132 Å². The van der Waals surface area contributed by atoms with Gasteiger partial charge in [-0.25, -0.2) is 9.67 Å². The van der Waals surface area contributed by atoms with E-state index in [1.165, 1.54) is 6.33 Å². The first-order valence-electron chi connectivity index (χ1n) is 8.14. The molecule has 1 aromatic rings. The van der Waals surface area contributed by atoms with E-state index < -0.39 is 18.0 Å². The molecular weight excluding hydrogens is 309 g/mol. The van der Waals surface area contributed by atoms with Crippen molar-refractivity contribution in [1.29, 1.82) is 0 Å². The lowest BCUT2D eigenvalue weighted by Crippen LogP contribution is -2.45. The first-order chi connectivity index (χ1) is 10.9. The highest BCUT2D eigenvalue weighted by Crippen LogP contribution is 2.40. The largest absolute Gasteiger partial charge is 0.391 e.